The van der Waals surface area contributed by atoms with Crippen molar-refractivity contribution in [2.24, 2.45) is 5.92 Å². The largest absolute Gasteiger partial charge is 0.490 e. The molecule has 1 saturated carbocycles. The van der Waals surface area contributed by atoms with Gasteiger partial charge in [0.15, 0.2) is 11.5 Å². The van der Waals surface area contributed by atoms with Gasteiger partial charge in [-0.15, -0.1) is 6.42 Å². The number of amides is 1. The van der Waals surface area contributed by atoms with Crippen molar-refractivity contribution in [3.8, 4) is 29.9 Å². The van der Waals surface area contributed by atoms with Gasteiger partial charge in [-0.05, 0) is 49.5 Å². The van der Waals surface area contributed by atoms with Crippen molar-refractivity contribution in [1.82, 2.24) is 5.32 Å². The van der Waals surface area contributed by atoms with E-state index in [9.17, 15) is 10.1 Å². The number of hydrogen-bond acceptors (Lipinski definition) is 4. The van der Waals surface area contributed by atoms with Crippen LogP contribution in [-0.4, -0.2) is 25.2 Å². The standard InChI is InChI=1S/C22H25ClN2O3/c1-4-10-28-21-18(23)12-16(13-20(21)27-5-2)11-17(14-24)22(26)25-19-9-7-6-8-15(19)3/h1,11-13,15,19H,5-10H2,2-3H3,(H,25,26)/b17-11+/t15-,19+/m1/s1. The summed E-state index contributed by atoms with van der Waals surface area (Å²) in [6.07, 6.45) is 11.0. The van der Waals surface area contributed by atoms with Crippen LogP contribution in [0.4, 0.5) is 0 Å². The van der Waals surface area contributed by atoms with Gasteiger partial charge in [0, 0.05) is 6.04 Å². The molecule has 5 nitrogen and oxygen atoms in total. The molecule has 1 amide bonds. The Morgan fingerprint density at radius 1 is 1.39 bits per heavy atom. The summed E-state index contributed by atoms with van der Waals surface area (Å²) >= 11 is 6.30. The smallest absolute Gasteiger partial charge is 0.262 e. The highest BCUT2D eigenvalue weighted by Gasteiger charge is 2.24. The quantitative estimate of drug-likeness (QED) is 0.419. The van der Waals surface area contributed by atoms with Gasteiger partial charge in [-0.1, -0.05) is 37.3 Å². The Hall–Kier alpha value is -2.63. The predicted molar refractivity (Wildman–Crippen MR) is 110 cm³/mol. The Kier molecular flexibility index (Phi) is 8.23. The molecule has 1 aliphatic carbocycles. The monoisotopic (exact) mass is 400 g/mol. The fourth-order valence-corrected chi connectivity index (χ4v) is 3.55. The number of ether oxygens (including phenoxy) is 2. The van der Waals surface area contributed by atoms with Gasteiger partial charge in [0.1, 0.15) is 18.2 Å². The summed E-state index contributed by atoms with van der Waals surface area (Å²) in [6.45, 7) is 4.42. The van der Waals surface area contributed by atoms with E-state index in [1.807, 2.05) is 13.0 Å². The summed E-state index contributed by atoms with van der Waals surface area (Å²) in [6, 6.07) is 5.37. The fraction of sp³-hybridized carbons (Fsp3) is 0.455. The van der Waals surface area contributed by atoms with Gasteiger partial charge < -0.3 is 14.8 Å². The van der Waals surface area contributed by atoms with Crippen LogP contribution in [0.1, 0.15) is 45.1 Å². The second-order valence-corrected chi connectivity index (χ2v) is 7.17. The van der Waals surface area contributed by atoms with Crippen molar-refractivity contribution in [3.63, 3.8) is 0 Å². The summed E-state index contributed by atoms with van der Waals surface area (Å²) in [5.74, 6) is 3.17. The van der Waals surface area contributed by atoms with E-state index >= 15 is 0 Å². The summed E-state index contributed by atoms with van der Waals surface area (Å²) in [5, 5.41) is 12.8. The van der Waals surface area contributed by atoms with Gasteiger partial charge >= 0.3 is 0 Å². The number of nitrogens with one attached hydrogen (secondary N) is 1. The molecule has 2 rings (SSSR count). The van der Waals surface area contributed by atoms with E-state index in [-0.39, 0.29) is 24.1 Å². The molecule has 0 aliphatic heterocycles. The third kappa shape index (κ3) is 5.68. The van der Waals surface area contributed by atoms with Crippen LogP contribution in [0.2, 0.25) is 5.02 Å². The zero-order valence-electron chi connectivity index (χ0n) is 16.3. The molecular formula is C22H25ClN2O3. The van der Waals surface area contributed by atoms with Crippen LogP contribution >= 0.6 is 11.6 Å². The average molecular weight is 401 g/mol. The maximum absolute atomic E-state index is 12.6. The molecule has 0 unspecified atom stereocenters. The van der Waals surface area contributed by atoms with Crippen molar-refractivity contribution >= 4 is 23.6 Å². The highest BCUT2D eigenvalue weighted by Crippen LogP contribution is 2.37. The first-order valence-electron chi connectivity index (χ1n) is 9.45. The van der Waals surface area contributed by atoms with E-state index in [1.54, 1.807) is 12.1 Å². The molecule has 1 fully saturated rings. The second-order valence-electron chi connectivity index (χ2n) is 6.77. The maximum Gasteiger partial charge on any atom is 0.262 e. The number of carbonyl (C=O) groups is 1. The lowest BCUT2D eigenvalue weighted by atomic mass is 9.86. The molecule has 1 aliphatic rings. The Labute approximate surface area is 171 Å². The van der Waals surface area contributed by atoms with Crippen LogP contribution in [0, 0.1) is 29.6 Å². The topological polar surface area (TPSA) is 71.3 Å². The molecule has 1 aromatic rings. The Balaban J connectivity index is 2.26. The van der Waals surface area contributed by atoms with Gasteiger partial charge in [-0.25, -0.2) is 0 Å². The molecule has 6 heteroatoms. The van der Waals surface area contributed by atoms with E-state index in [1.165, 1.54) is 12.5 Å². The average Bonchev–Trinajstić information content (AvgIpc) is 2.67. The molecule has 0 saturated heterocycles. The number of terminal acetylenes is 1. The lowest BCUT2D eigenvalue weighted by Gasteiger charge is -2.29. The second kappa shape index (κ2) is 10.6. The molecule has 0 aromatic heterocycles. The zero-order chi connectivity index (χ0) is 20.5. The summed E-state index contributed by atoms with van der Waals surface area (Å²) in [4.78, 5) is 12.6. The van der Waals surface area contributed by atoms with Crippen molar-refractivity contribution in [3.05, 3.63) is 28.3 Å². The molecule has 2 atom stereocenters. The van der Waals surface area contributed by atoms with Crippen LogP contribution in [0.5, 0.6) is 11.5 Å². The van der Waals surface area contributed by atoms with Crippen molar-refractivity contribution in [2.75, 3.05) is 13.2 Å². The van der Waals surface area contributed by atoms with E-state index in [0.717, 1.165) is 19.3 Å². The van der Waals surface area contributed by atoms with Gasteiger partial charge in [0.25, 0.3) is 5.91 Å². The molecule has 0 radical (unpaired) electrons. The number of carbonyl (C=O) groups excluding carboxylic acids is 1. The minimum atomic E-state index is -0.372. The predicted octanol–water partition coefficient (Wildman–Crippen LogP) is 4.35. The van der Waals surface area contributed by atoms with Gasteiger partial charge in [0.05, 0.1) is 11.6 Å². The van der Waals surface area contributed by atoms with Crippen LogP contribution in [0.3, 0.4) is 0 Å². The molecule has 28 heavy (non-hydrogen) atoms. The Bertz CT molecular complexity index is 820. The van der Waals surface area contributed by atoms with Crippen LogP contribution in [-0.2, 0) is 4.79 Å². The first-order valence-corrected chi connectivity index (χ1v) is 9.83. The summed E-state index contributed by atoms with van der Waals surface area (Å²) < 4.78 is 11.0. The minimum absolute atomic E-state index is 0.0218. The fourth-order valence-electron chi connectivity index (χ4n) is 3.28. The van der Waals surface area contributed by atoms with Gasteiger partial charge in [-0.2, -0.15) is 5.26 Å². The molecule has 1 aromatic carbocycles. The highest BCUT2D eigenvalue weighted by atomic mass is 35.5. The highest BCUT2D eigenvalue weighted by molar-refractivity contribution is 6.32. The molecule has 148 valence electrons. The van der Waals surface area contributed by atoms with Crippen LogP contribution in [0.25, 0.3) is 6.08 Å². The van der Waals surface area contributed by atoms with E-state index in [4.69, 9.17) is 27.5 Å². The molecule has 0 bridgehead atoms. The van der Waals surface area contributed by atoms with E-state index in [2.05, 4.69) is 18.2 Å². The normalized spacial score (nSPS) is 19.2. The molecular weight excluding hydrogens is 376 g/mol. The SMILES string of the molecule is C#CCOc1c(Cl)cc(/C=C(\C#N)C(=O)N[C@H]2CCCC[C@H]2C)cc1OCC. The van der Waals surface area contributed by atoms with Crippen LogP contribution < -0.4 is 14.8 Å². The first-order chi connectivity index (χ1) is 13.5. The lowest BCUT2D eigenvalue weighted by Crippen LogP contribution is -2.41. The first kappa shape index (κ1) is 21.7. The number of nitriles is 1. The lowest BCUT2D eigenvalue weighted by molar-refractivity contribution is -0.118. The number of nitrogens with zero attached hydrogens (tertiary/aromatic N) is 1. The third-order valence-electron chi connectivity index (χ3n) is 4.74. The third-order valence-corrected chi connectivity index (χ3v) is 5.02. The summed E-state index contributed by atoms with van der Waals surface area (Å²) in [7, 11) is 0. The number of rotatable bonds is 7. The number of halogens is 1. The number of benzene rings is 1. The van der Waals surface area contributed by atoms with Crippen LogP contribution in [0.15, 0.2) is 17.7 Å². The Morgan fingerprint density at radius 2 is 2.14 bits per heavy atom. The molecule has 1 N–H and O–H groups in total. The van der Waals surface area contributed by atoms with Crippen molar-refractivity contribution in [2.45, 2.75) is 45.6 Å². The molecule has 0 spiro atoms. The maximum atomic E-state index is 12.6. The molecule has 0 heterocycles. The number of hydrogen-bond donors (Lipinski definition) is 1. The van der Waals surface area contributed by atoms with Gasteiger partial charge in [-0.3, -0.25) is 4.79 Å². The van der Waals surface area contributed by atoms with Crippen molar-refractivity contribution in [1.29, 1.82) is 5.26 Å². The Morgan fingerprint density at radius 3 is 2.79 bits per heavy atom. The van der Waals surface area contributed by atoms with Crippen molar-refractivity contribution < 1.29 is 14.3 Å². The van der Waals surface area contributed by atoms with E-state index in [0.29, 0.717) is 34.6 Å². The minimum Gasteiger partial charge on any atom is -0.490 e. The summed E-state index contributed by atoms with van der Waals surface area (Å²) in [5.41, 5.74) is 0.596. The van der Waals surface area contributed by atoms with E-state index < -0.39 is 0 Å². The van der Waals surface area contributed by atoms with Gasteiger partial charge in [0.2, 0.25) is 0 Å². The zero-order valence-corrected chi connectivity index (χ0v) is 17.0.